The van der Waals surface area contributed by atoms with Gasteiger partial charge in [-0.15, -0.1) is 11.3 Å². The molecule has 0 radical (unpaired) electrons. The molecule has 4 nitrogen and oxygen atoms in total. The Bertz CT molecular complexity index is 1160. The first-order valence-electron chi connectivity index (χ1n) is 9.98. The molecule has 3 aromatic heterocycles. The summed E-state index contributed by atoms with van der Waals surface area (Å²) in [4.78, 5) is 21.2. The van der Waals surface area contributed by atoms with Gasteiger partial charge in [0.15, 0.2) is 0 Å². The number of likely N-dealkylation sites (tertiary alicyclic amines) is 1. The van der Waals surface area contributed by atoms with E-state index < -0.39 is 0 Å². The Morgan fingerprint density at radius 2 is 2.10 bits per heavy atom. The predicted octanol–water partition coefficient (Wildman–Crippen LogP) is 5.88. The summed E-state index contributed by atoms with van der Waals surface area (Å²) in [6.07, 6.45) is 2.05. The van der Waals surface area contributed by atoms with E-state index in [4.69, 9.17) is 9.40 Å². The summed E-state index contributed by atoms with van der Waals surface area (Å²) in [5.41, 5.74) is 3.64. The average Bonchev–Trinajstić information content (AvgIpc) is 3.42. The van der Waals surface area contributed by atoms with Crippen molar-refractivity contribution in [2.45, 2.75) is 25.7 Å². The van der Waals surface area contributed by atoms with Gasteiger partial charge >= 0.3 is 0 Å². The van der Waals surface area contributed by atoms with Crippen molar-refractivity contribution >= 4 is 28.2 Å². The van der Waals surface area contributed by atoms with E-state index in [2.05, 4.69) is 29.6 Å². The highest BCUT2D eigenvalue weighted by Gasteiger charge is 2.26. The van der Waals surface area contributed by atoms with Gasteiger partial charge in [0.1, 0.15) is 11.3 Å². The lowest BCUT2D eigenvalue weighted by molar-refractivity contribution is 0.0706. The Morgan fingerprint density at radius 1 is 1.17 bits per heavy atom. The largest absolute Gasteiger partial charge is 0.461 e. The number of carbonyl (C=O) groups excluding carboxylic acids is 1. The maximum absolute atomic E-state index is 13.2. The van der Waals surface area contributed by atoms with E-state index in [1.165, 1.54) is 4.88 Å². The number of aryl methyl sites for hydroxylation is 1. The summed E-state index contributed by atoms with van der Waals surface area (Å²) >= 11 is 1.70. The summed E-state index contributed by atoms with van der Waals surface area (Å²) < 4.78 is 5.63. The molecule has 5 heteroatoms. The van der Waals surface area contributed by atoms with E-state index in [0.29, 0.717) is 6.54 Å². The zero-order valence-electron chi connectivity index (χ0n) is 16.3. The van der Waals surface area contributed by atoms with Crippen LogP contribution in [0.3, 0.4) is 0 Å². The van der Waals surface area contributed by atoms with Crippen LogP contribution in [0.25, 0.3) is 21.5 Å². The van der Waals surface area contributed by atoms with E-state index in [1.807, 2.05) is 42.2 Å². The van der Waals surface area contributed by atoms with E-state index in [9.17, 15) is 4.79 Å². The van der Waals surface area contributed by atoms with Crippen LogP contribution in [0.15, 0.2) is 64.4 Å². The molecule has 1 aromatic carbocycles. The van der Waals surface area contributed by atoms with Gasteiger partial charge in [0.25, 0.3) is 5.91 Å². The molecule has 0 spiro atoms. The van der Waals surface area contributed by atoms with Crippen LogP contribution in [0.2, 0.25) is 0 Å². The molecule has 4 heterocycles. The molecule has 4 aromatic rings. The van der Waals surface area contributed by atoms with E-state index in [0.717, 1.165) is 53.1 Å². The Balaban J connectivity index is 1.37. The molecule has 29 heavy (non-hydrogen) atoms. The Morgan fingerprint density at radius 3 is 2.97 bits per heavy atom. The number of furan rings is 1. The molecule has 1 amide bonds. The molecule has 0 saturated carbocycles. The molecule has 0 bridgehead atoms. The molecule has 1 aliphatic heterocycles. The highest BCUT2D eigenvalue weighted by molar-refractivity contribution is 7.13. The van der Waals surface area contributed by atoms with Gasteiger partial charge < -0.3 is 9.32 Å². The smallest absolute Gasteiger partial charge is 0.253 e. The standard InChI is InChI=1S/C24H22N2O2S/c1-16-13-19-14-17(9-10-22(19)28-16)24(27)26-11-3-5-18(15-26)20-6-2-7-21(25-20)23-8-4-12-29-23/h2,4,6-10,12-14,18H,3,5,11,15H2,1H3. The fourth-order valence-corrected chi connectivity index (χ4v) is 4.83. The van der Waals surface area contributed by atoms with Crippen molar-refractivity contribution in [3.63, 3.8) is 0 Å². The van der Waals surface area contributed by atoms with E-state index >= 15 is 0 Å². The van der Waals surface area contributed by atoms with Crippen LogP contribution in [0, 0.1) is 6.92 Å². The van der Waals surface area contributed by atoms with Crippen LogP contribution in [0.4, 0.5) is 0 Å². The van der Waals surface area contributed by atoms with Crippen molar-refractivity contribution in [1.29, 1.82) is 0 Å². The number of fused-ring (bicyclic) bond motifs is 1. The first kappa shape index (κ1) is 18.1. The molecule has 1 aliphatic rings. The minimum absolute atomic E-state index is 0.0878. The number of piperidine rings is 1. The van der Waals surface area contributed by atoms with Crippen LogP contribution < -0.4 is 0 Å². The van der Waals surface area contributed by atoms with E-state index in [-0.39, 0.29) is 11.8 Å². The molecule has 1 atom stereocenters. The van der Waals surface area contributed by atoms with Crippen molar-refractivity contribution in [2.24, 2.45) is 0 Å². The van der Waals surface area contributed by atoms with Gasteiger partial charge in [-0.25, -0.2) is 0 Å². The number of rotatable bonds is 3. The summed E-state index contributed by atoms with van der Waals surface area (Å²) in [6, 6.07) is 18.1. The highest BCUT2D eigenvalue weighted by Crippen LogP contribution is 2.30. The first-order chi connectivity index (χ1) is 14.2. The second-order valence-corrected chi connectivity index (χ2v) is 8.57. The molecule has 1 unspecified atom stereocenters. The number of hydrogen-bond donors (Lipinski definition) is 0. The highest BCUT2D eigenvalue weighted by atomic mass is 32.1. The molecule has 1 saturated heterocycles. The normalized spacial score (nSPS) is 17.0. The first-order valence-corrected chi connectivity index (χ1v) is 10.9. The quantitative estimate of drug-likeness (QED) is 0.430. The third-order valence-corrected chi connectivity index (χ3v) is 6.45. The van der Waals surface area contributed by atoms with Gasteiger partial charge in [-0.3, -0.25) is 9.78 Å². The lowest BCUT2D eigenvalue weighted by Gasteiger charge is -2.32. The summed E-state index contributed by atoms with van der Waals surface area (Å²) in [5.74, 6) is 1.22. The predicted molar refractivity (Wildman–Crippen MR) is 116 cm³/mol. The molecule has 5 rings (SSSR count). The fourth-order valence-electron chi connectivity index (χ4n) is 4.14. The van der Waals surface area contributed by atoms with Crippen LogP contribution in [-0.2, 0) is 0 Å². The zero-order chi connectivity index (χ0) is 19.8. The minimum Gasteiger partial charge on any atom is -0.461 e. The number of carbonyl (C=O) groups is 1. The number of amides is 1. The summed E-state index contributed by atoms with van der Waals surface area (Å²) in [7, 11) is 0. The SMILES string of the molecule is Cc1cc2cc(C(=O)N3CCCC(c4cccc(-c5cccs5)n4)C3)ccc2o1. The summed E-state index contributed by atoms with van der Waals surface area (Å²) in [5, 5.41) is 3.05. The van der Waals surface area contributed by atoms with Crippen molar-refractivity contribution in [1.82, 2.24) is 9.88 Å². The van der Waals surface area contributed by atoms with Crippen molar-refractivity contribution < 1.29 is 9.21 Å². The topological polar surface area (TPSA) is 46.3 Å². The second kappa shape index (κ2) is 7.48. The number of benzene rings is 1. The molecule has 0 N–H and O–H groups in total. The number of hydrogen-bond acceptors (Lipinski definition) is 4. The molecule has 146 valence electrons. The van der Waals surface area contributed by atoms with Crippen LogP contribution in [-0.4, -0.2) is 28.9 Å². The van der Waals surface area contributed by atoms with Crippen LogP contribution >= 0.6 is 11.3 Å². The monoisotopic (exact) mass is 402 g/mol. The van der Waals surface area contributed by atoms with E-state index in [1.54, 1.807) is 11.3 Å². The van der Waals surface area contributed by atoms with Crippen molar-refractivity contribution in [3.8, 4) is 10.6 Å². The lowest BCUT2D eigenvalue weighted by Crippen LogP contribution is -2.39. The average molecular weight is 403 g/mol. The van der Waals surface area contributed by atoms with Gasteiger partial charge in [0.2, 0.25) is 0 Å². The fraction of sp³-hybridized carbons (Fsp3) is 0.250. The second-order valence-electron chi connectivity index (χ2n) is 7.62. The summed E-state index contributed by atoms with van der Waals surface area (Å²) in [6.45, 7) is 3.43. The molecular formula is C24H22N2O2S. The van der Waals surface area contributed by atoms with Gasteiger partial charge in [0.05, 0.1) is 10.6 Å². The number of pyridine rings is 1. The van der Waals surface area contributed by atoms with Crippen LogP contribution in [0.1, 0.15) is 40.6 Å². The van der Waals surface area contributed by atoms with Gasteiger partial charge in [-0.2, -0.15) is 0 Å². The third kappa shape index (κ3) is 3.58. The lowest BCUT2D eigenvalue weighted by atomic mass is 9.93. The maximum atomic E-state index is 13.2. The Kier molecular flexibility index (Phi) is 4.68. The molecule has 1 fully saturated rings. The Labute approximate surface area is 173 Å². The number of aromatic nitrogens is 1. The number of nitrogens with zero attached hydrogens (tertiary/aromatic N) is 2. The van der Waals surface area contributed by atoms with Crippen molar-refractivity contribution in [3.05, 3.63) is 77.0 Å². The molecule has 0 aliphatic carbocycles. The minimum atomic E-state index is 0.0878. The van der Waals surface area contributed by atoms with Crippen LogP contribution in [0.5, 0.6) is 0 Å². The zero-order valence-corrected chi connectivity index (χ0v) is 17.1. The molecular weight excluding hydrogens is 380 g/mol. The van der Waals surface area contributed by atoms with Gasteiger partial charge in [-0.05, 0) is 67.6 Å². The van der Waals surface area contributed by atoms with Gasteiger partial charge in [-0.1, -0.05) is 12.1 Å². The maximum Gasteiger partial charge on any atom is 0.253 e. The van der Waals surface area contributed by atoms with Crippen molar-refractivity contribution in [2.75, 3.05) is 13.1 Å². The third-order valence-electron chi connectivity index (χ3n) is 5.56. The Hall–Kier alpha value is -2.92. The van der Waals surface area contributed by atoms with Gasteiger partial charge in [0, 0.05) is 35.7 Å². The number of thiophene rings is 1.